The van der Waals surface area contributed by atoms with Gasteiger partial charge in [0.2, 0.25) is 10.0 Å². The molecule has 6 nitrogen and oxygen atoms in total. The summed E-state index contributed by atoms with van der Waals surface area (Å²) in [5.41, 5.74) is 1.57. The molecule has 148 valence electrons. The summed E-state index contributed by atoms with van der Waals surface area (Å²) in [5, 5.41) is 4.05. The monoisotopic (exact) mass is 399 g/mol. The Morgan fingerprint density at radius 1 is 1.00 bits per heavy atom. The highest BCUT2D eigenvalue weighted by atomic mass is 32.2. The van der Waals surface area contributed by atoms with E-state index in [-0.39, 0.29) is 10.8 Å². The summed E-state index contributed by atoms with van der Waals surface area (Å²) in [6.45, 7) is 5.57. The molecule has 2 aromatic carbocycles. The molecule has 0 bridgehead atoms. The number of rotatable bonds is 8. The lowest BCUT2D eigenvalue weighted by molar-refractivity contribution is 0.0952. The lowest BCUT2D eigenvalue weighted by Gasteiger charge is -2.18. The Labute approximate surface area is 165 Å². The molecule has 28 heavy (non-hydrogen) atoms. The Balaban J connectivity index is 1.62. The molecule has 0 radical (unpaired) electrons. The van der Waals surface area contributed by atoms with Crippen LogP contribution >= 0.6 is 0 Å². The predicted octanol–water partition coefficient (Wildman–Crippen LogP) is 3.10. The van der Waals surface area contributed by atoms with Gasteiger partial charge in [0.25, 0.3) is 5.91 Å². The van der Waals surface area contributed by atoms with Gasteiger partial charge in [-0.15, -0.1) is 0 Å². The number of carbonyl (C=O) groups is 1. The first-order valence-corrected chi connectivity index (χ1v) is 10.8. The van der Waals surface area contributed by atoms with Crippen LogP contribution in [-0.4, -0.2) is 42.8 Å². The average Bonchev–Trinajstić information content (AvgIpc) is 3.12. The first kappa shape index (κ1) is 20.1. The topological polar surface area (TPSA) is 71.4 Å². The highest BCUT2D eigenvalue weighted by molar-refractivity contribution is 7.89. The van der Waals surface area contributed by atoms with E-state index in [1.807, 2.05) is 30.5 Å². The van der Waals surface area contributed by atoms with E-state index in [2.05, 4.69) is 16.0 Å². The molecule has 0 atom stereocenters. The lowest BCUT2D eigenvalue weighted by atomic mass is 10.2. The Morgan fingerprint density at radius 2 is 1.68 bits per heavy atom. The number of para-hydroxylation sites is 1. The first-order valence-electron chi connectivity index (χ1n) is 9.39. The zero-order valence-corrected chi connectivity index (χ0v) is 16.9. The number of sulfonamides is 1. The van der Waals surface area contributed by atoms with Crippen LogP contribution in [0.3, 0.4) is 0 Å². The van der Waals surface area contributed by atoms with E-state index in [1.54, 1.807) is 26.0 Å². The molecule has 1 aromatic heterocycles. The Morgan fingerprint density at radius 3 is 2.36 bits per heavy atom. The number of fused-ring (bicyclic) bond motifs is 1. The summed E-state index contributed by atoms with van der Waals surface area (Å²) in [7, 11) is -3.51. The largest absolute Gasteiger partial charge is 0.350 e. The Kier molecular flexibility index (Phi) is 6.16. The molecule has 3 aromatic rings. The molecule has 0 unspecified atom stereocenters. The summed E-state index contributed by atoms with van der Waals surface area (Å²) < 4.78 is 28.5. The molecule has 0 aliphatic heterocycles. The number of amides is 1. The summed E-state index contributed by atoms with van der Waals surface area (Å²) >= 11 is 0. The van der Waals surface area contributed by atoms with Crippen LogP contribution in [0.2, 0.25) is 0 Å². The zero-order chi connectivity index (χ0) is 20.1. The maximum atomic E-state index is 12.5. The summed E-state index contributed by atoms with van der Waals surface area (Å²) in [5.74, 6) is -0.219. The highest BCUT2D eigenvalue weighted by Gasteiger charge is 2.21. The second-order valence-electron chi connectivity index (χ2n) is 6.44. The molecule has 7 heteroatoms. The third-order valence-corrected chi connectivity index (χ3v) is 6.84. The van der Waals surface area contributed by atoms with Crippen molar-refractivity contribution in [2.24, 2.45) is 0 Å². The van der Waals surface area contributed by atoms with Crippen LogP contribution in [0.5, 0.6) is 0 Å². The van der Waals surface area contributed by atoms with Gasteiger partial charge in [-0.05, 0) is 41.8 Å². The third kappa shape index (κ3) is 4.10. The van der Waals surface area contributed by atoms with Gasteiger partial charge in [0.1, 0.15) is 0 Å². The van der Waals surface area contributed by atoms with Crippen molar-refractivity contribution in [3.63, 3.8) is 0 Å². The molecule has 0 saturated heterocycles. The van der Waals surface area contributed by atoms with Crippen molar-refractivity contribution < 1.29 is 13.2 Å². The normalized spacial score (nSPS) is 11.8. The first-order chi connectivity index (χ1) is 13.5. The van der Waals surface area contributed by atoms with Crippen molar-refractivity contribution in [2.75, 3.05) is 19.6 Å². The number of hydrogen-bond donors (Lipinski definition) is 1. The summed E-state index contributed by atoms with van der Waals surface area (Å²) in [4.78, 5) is 12.6. The van der Waals surface area contributed by atoms with Crippen LogP contribution in [0.25, 0.3) is 10.9 Å². The second-order valence-corrected chi connectivity index (χ2v) is 8.38. The van der Waals surface area contributed by atoms with Crippen LogP contribution in [0.15, 0.2) is 65.7 Å². The minimum absolute atomic E-state index is 0.201. The van der Waals surface area contributed by atoms with Crippen molar-refractivity contribution in [1.82, 2.24) is 14.2 Å². The van der Waals surface area contributed by atoms with Gasteiger partial charge >= 0.3 is 0 Å². The SMILES string of the molecule is CCN(CC)S(=O)(=O)c1ccc(C(=O)NCCn2ccc3ccccc32)cc1. The smallest absolute Gasteiger partial charge is 0.251 e. The molecule has 1 N–H and O–H groups in total. The van der Waals surface area contributed by atoms with Crippen LogP contribution in [-0.2, 0) is 16.6 Å². The molecular weight excluding hydrogens is 374 g/mol. The van der Waals surface area contributed by atoms with Crippen molar-refractivity contribution in [3.05, 3.63) is 66.4 Å². The van der Waals surface area contributed by atoms with Crippen LogP contribution in [0, 0.1) is 0 Å². The fourth-order valence-corrected chi connectivity index (χ4v) is 4.68. The van der Waals surface area contributed by atoms with Crippen molar-refractivity contribution in [1.29, 1.82) is 0 Å². The number of benzene rings is 2. The molecule has 1 heterocycles. The van der Waals surface area contributed by atoms with E-state index in [0.29, 0.717) is 31.7 Å². The van der Waals surface area contributed by atoms with Gasteiger partial charge in [-0.25, -0.2) is 8.42 Å². The van der Waals surface area contributed by atoms with Gasteiger partial charge in [0.05, 0.1) is 4.90 Å². The van der Waals surface area contributed by atoms with Crippen LogP contribution in [0.4, 0.5) is 0 Å². The minimum Gasteiger partial charge on any atom is -0.350 e. The second kappa shape index (κ2) is 8.58. The van der Waals surface area contributed by atoms with Crippen LogP contribution < -0.4 is 5.32 Å². The predicted molar refractivity (Wildman–Crippen MR) is 111 cm³/mol. The third-order valence-electron chi connectivity index (χ3n) is 4.78. The quantitative estimate of drug-likeness (QED) is 0.633. The molecule has 3 rings (SSSR count). The maximum absolute atomic E-state index is 12.5. The Hall–Kier alpha value is -2.64. The van der Waals surface area contributed by atoms with Gasteiger partial charge in [-0.3, -0.25) is 4.79 Å². The van der Waals surface area contributed by atoms with E-state index in [1.165, 1.54) is 21.8 Å². The van der Waals surface area contributed by atoms with Gasteiger partial charge in [0.15, 0.2) is 0 Å². The molecule has 1 amide bonds. The fraction of sp³-hybridized carbons (Fsp3) is 0.286. The zero-order valence-electron chi connectivity index (χ0n) is 16.1. The van der Waals surface area contributed by atoms with Crippen molar-refractivity contribution in [2.45, 2.75) is 25.3 Å². The fourth-order valence-electron chi connectivity index (χ4n) is 3.22. The van der Waals surface area contributed by atoms with Crippen molar-refractivity contribution in [3.8, 4) is 0 Å². The number of nitrogens with one attached hydrogen (secondary N) is 1. The van der Waals surface area contributed by atoms with E-state index in [4.69, 9.17) is 0 Å². The maximum Gasteiger partial charge on any atom is 0.251 e. The minimum atomic E-state index is -3.51. The van der Waals surface area contributed by atoms with Gasteiger partial charge < -0.3 is 9.88 Å². The van der Waals surface area contributed by atoms with Gasteiger partial charge in [-0.1, -0.05) is 32.0 Å². The summed E-state index contributed by atoms with van der Waals surface area (Å²) in [6.07, 6.45) is 2.00. The molecule has 0 aliphatic rings. The van der Waals surface area contributed by atoms with E-state index < -0.39 is 10.0 Å². The van der Waals surface area contributed by atoms with E-state index in [9.17, 15) is 13.2 Å². The van der Waals surface area contributed by atoms with Gasteiger partial charge in [0, 0.05) is 43.5 Å². The lowest BCUT2D eigenvalue weighted by Crippen LogP contribution is -2.30. The molecular formula is C21H25N3O3S. The summed E-state index contributed by atoms with van der Waals surface area (Å²) in [6, 6.07) is 16.2. The van der Waals surface area contributed by atoms with Gasteiger partial charge in [-0.2, -0.15) is 4.31 Å². The molecule has 0 fully saturated rings. The average molecular weight is 400 g/mol. The molecule has 0 aliphatic carbocycles. The number of hydrogen-bond acceptors (Lipinski definition) is 3. The number of aromatic nitrogens is 1. The Bertz CT molecular complexity index is 1050. The standard InChI is InChI=1S/C21H25N3O3S/c1-3-24(4-2)28(26,27)19-11-9-18(10-12-19)21(25)22-14-16-23-15-13-17-7-5-6-8-20(17)23/h5-13,15H,3-4,14,16H2,1-2H3,(H,22,25). The molecule has 0 saturated carbocycles. The number of nitrogens with zero attached hydrogens (tertiary/aromatic N) is 2. The van der Waals surface area contributed by atoms with E-state index >= 15 is 0 Å². The highest BCUT2D eigenvalue weighted by Crippen LogP contribution is 2.17. The van der Waals surface area contributed by atoms with Crippen LogP contribution in [0.1, 0.15) is 24.2 Å². The molecule has 0 spiro atoms. The number of carbonyl (C=O) groups excluding carboxylic acids is 1. The van der Waals surface area contributed by atoms with Crippen molar-refractivity contribution >= 4 is 26.8 Å². The van der Waals surface area contributed by atoms with E-state index in [0.717, 1.165) is 5.52 Å².